The van der Waals surface area contributed by atoms with E-state index in [1.807, 2.05) is 0 Å². The predicted molar refractivity (Wildman–Crippen MR) is 70.5 cm³/mol. The number of nitrogens with zero attached hydrogens (tertiary/aromatic N) is 1. The zero-order valence-corrected chi connectivity index (χ0v) is 11.9. The van der Waals surface area contributed by atoms with Gasteiger partial charge in [0.15, 0.2) is 0 Å². The van der Waals surface area contributed by atoms with Crippen molar-refractivity contribution in [2.45, 2.75) is 24.7 Å². The van der Waals surface area contributed by atoms with Gasteiger partial charge in [-0.25, -0.2) is 18.1 Å². The Bertz CT molecular complexity index is 547. The Morgan fingerprint density at radius 1 is 1.58 bits per heavy atom. The summed E-state index contributed by atoms with van der Waals surface area (Å²) in [7, 11) is -3.72. The molecule has 1 heterocycles. The number of halogens is 1. The number of hydrogen-bond donors (Lipinski definition) is 2. The number of carboxylic acid groups (broad SMARTS) is 1. The Hall–Kier alpha value is -1.18. The molecule has 6 nitrogen and oxygen atoms in total. The highest BCUT2D eigenvalue weighted by molar-refractivity contribution is 7.89. The van der Waals surface area contributed by atoms with Gasteiger partial charge >= 0.3 is 5.97 Å². The molecule has 0 fully saturated rings. The minimum atomic E-state index is -3.72. The smallest absolute Gasteiger partial charge is 0.303 e. The van der Waals surface area contributed by atoms with Crippen LogP contribution < -0.4 is 4.72 Å². The summed E-state index contributed by atoms with van der Waals surface area (Å²) >= 11 is 5.72. The molecule has 8 heteroatoms. The number of rotatable bonds is 7. The first kappa shape index (κ1) is 15.9. The largest absolute Gasteiger partial charge is 0.481 e. The minimum absolute atomic E-state index is 0.0105. The summed E-state index contributed by atoms with van der Waals surface area (Å²) in [6, 6.07) is 2.84. The van der Waals surface area contributed by atoms with E-state index in [9.17, 15) is 13.2 Å². The van der Waals surface area contributed by atoms with Crippen LogP contribution in [0.3, 0.4) is 0 Å². The van der Waals surface area contributed by atoms with Crippen molar-refractivity contribution in [3.05, 3.63) is 23.5 Å². The van der Waals surface area contributed by atoms with Crippen LogP contribution in [0.2, 0.25) is 5.15 Å². The Morgan fingerprint density at radius 2 is 2.26 bits per heavy atom. The van der Waals surface area contributed by atoms with Crippen LogP contribution in [0.25, 0.3) is 0 Å². The zero-order chi connectivity index (χ0) is 14.5. The topological polar surface area (TPSA) is 96.4 Å². The van der Waals surface area contributed by atoms with E-state index < -0.39 is 16.0 Å². The summed E-state index contributed by atoms with van der Waals surface area (Å²) in [4.78, 5) is 14.0. The van der Waals surface area contributed by atoms with E-state index in [1.165, 1.54) is 18.3 Å². The van der Waals surface area contributed by atoms with Crippen molar-refractivity contribution < 1.29 is 18.3 Å². The van der Waals surface area contributed by atoms with Gasteiger partial charge in [0, 0.05) is 19.2 Å². The maximum absolute atomic E-state index is 11.9. The lowest BCUT2D eigenvalue weighted by Crippen LogP contribution is -2.29. The molecule has 1 aromatic rings. The number of aromatic nitrogens is 1. The van der Waals surface area contributed by atoms with Gasteiger partial charge in [-0.1, -0.05) is 18.5 Å². The number of carbonyl (C=O) groups is 1. The lowest BCUT2D eigenvalue weighted by molar-refractivity contribution is -0.137. The standard InChI is InChI=1S/C11H15ClN2O4S/c1-8(4-5-10(15)16)7-14-19(17,18)9-3-2-6-13-11(9)12/h2-3,6,8,14H,4-5,7H2,1H3,(H,15,16). The molecule has 1 aromatic heterocycles. The van der Waals surface area contributed by atoms with E-state index in [2.05, 4.69) is 9.71 Å². The number of aliphatic carboxylic acids is 1. The van der Waals surface area contributed by atoms with E-state index in [1.54, 1.807) is 6.92 Å². The molecule has 106 valence electrons. The summed E-state index contributed by atoms with van der Waals surface area (Å²) in [6.45, 7) is 1.93. The molecule has 1 rings (SSSR count). The Balaban J connectivity index is 2.61. The van der Waals surface area contributed by atoms with Crippen LogP contribution in [0.5, 0.6) is 0 Å². The van der Waals surface area contributed by atoms with Crippen molar-refractivity contribution >= 4 is 27.6 Å². The Morgan fingerprint density at radius 3 is 2.84 bits per heavy atom. The lowest BCUT2D eigenvalue weighted by Gasteiger charge is -2.12. The summed E-state index contributed by atoms with van der Waals surface area (Å²) in [6.07, 6.45) is 1.81. The number of pyridine rings is 1. The SMILES string of the molecule is CC(CCC(=O)O)CNS(=O)(=O)c1cccnc1Cl. The van der Waals surface area contributed by atoms with Crippen LogP contribution in [-0.2, 0) is 14.8 Å². The monoisotopic (exact) mass is 306 g/mol. The van der Waals surface area contributed by atoms with Gasteiger partial charge < -0.3 is 5.11 Å². The molecule has 1 unspecified atom stereocenters. The minimum Gasteiger partial charge on any atom is -0.481 e. The van der Waals surface area contributed by atoms with E-state index in [0.717, 1.165) is 0 Å². The van der Waals surface area contributed by atoms with Crippen LogP contribution in [0.1, 0.15) is 19.8 Å². The number of carboxylic acids is 1. The molecular weight excluding hydrogens is 292 g/mol. The molecule has 0 aliphatic rings. The average Bonchev–Trinajstić information content (AvgIpc) is 2.34. The van der Waals surface area contributed by atoms with Gasteiger partial charge in [0.2, 0.25) is 10.0 Å². The predicted octanol–water partition coefficient (Wildman–Crippen LogP) is 1.51. The molecule has 0 radical (unpaired) electrons. The molecule has 0 bridgehead atoms. The van der Waals surface area contributed by atoms with E-state index >= 15 is 0 Å². The molecular formula is C11H15ClN2O4S. The van der Waals surface area contributed by atoms with Gasteiger partial charge in [-0.2, -0.15) is 0 Å². The van der Waals surface area contributed by atoms with Gasteiger partial charge in [-0.3, -0.25) is 4.79 Å². The molecule has 0 saturated carbocycles. The fourth-order valence-corrected chi connectivity index (χ4v) is 2.99. The van der Waals surface area contributed by atoms with E-state index in [0.29, 0.717) is 6.42 Å². The van der Waals surface area contributed by atoms with Crippen molar-refractivity contribution in [3.63, 3.8) is 0 Å². The second kappa shape index (κ2) is 6.83. The van der Waals surface area contributed by atoms with Crippen LogP contribution in [-0.4, -0.2) is 31.0 Å². The third-order valence-electron chi connectivity index (χ3n) is 2.49. The quantitative estimate of drug-likeness (QED) is 0.744. The van der Waals surface area contributed by atoms with Crippen molar-refractivity contribution in [1.82, 2.24) is 9.71 Å². The normalized spacial score (nSPS) is 13.2. The second-order valence-electron chi connectivity index (χ2n) is 4.18. The first-order chi connectivity index (χ1) is 8.83. The highest BCUT2D eigenvalue weighted by Gasteiger charge is 2.19. The van der Waals surface area contributed by atoms with Gasteiger partial charge in [0.05, 0.1) is 0 Å². The fraction of sp³-hybridized carbons (Fsp3) is 0.455. The molecule has 0 aliphatic carbocycles. The number of nitrogens with one attached hydrogen (secondary N) is 1. The first-order valence-electron chi connectivity index (χ1n) is 5.65. The lowest BCUT2D eigenvalue weighted by atomic mass is 10.1. The van der Waals surface area contributed by atoms with Crippen molar-refractivity contribution in [2.24, 2.45) is 5.92 Å². The molecule has 19 heavy (non-hydrogen) atoms. The molecule has 0 amide bonds. The van der Waals surface area contributed by atoms with Crippen LogP contribution in [0.15, 0.2) is 23.2 Å². The molecule has 0 saturated heterocycles. The third-order valence-corrected chi connectivity index (χ3v) is 4.36. The molecule has 0 spiro atoms. The first-order valence-corrected chi connectivity index (χ1v) is 7.51. The second-order valence-corrected chi connectivity index (χ2v) is 6.28. The average molecular weight is 307 g/mol. The van der Waals surface area contributed by atoms with Gasteiger partial charge in [0.1, 0.15) is 10.0 Å². The van der Waals surface area contributed by atoms with Crippen LogP contribution in [0.4, 0.5) is 0 Å². The van der Waals surface area contributed by atoms with Crippen molar-refractivity contribution in [3.8, 4) is 0 Å². The molecule has 0 aromatic carbocycles. The highest BCUT2D eigenvalue weighted by atomic mass is 35.5. The molecule has 0 aliphatic heterocycles. The Kier molecular flexibility index (Phi) is 5.71. The summed E-state index contributed by atoms with van der Waals surface area (Å²) in [5, 5.41) is 8.45. The van der Waals surface area contributed by atoms with Crippen LogP contribution >= 0.6 is 11.6 Å². The Labute approximate surface area is 116 Å². The van der Waals surface area contributed by atoms with E-state index in [4.69, 9.17) is 16.7 Å². The van der Waals surface area contributed by atoms with Crippen molar-refractivity contribution in [2.75, 3.05) is 6.54 Å². The summed E-state index contributed by atoms with van der Waals surface area (Å²) < 4.78 is 26.3. The molecule has 1 atom stereocenters. The van der Waals surface area contributed by atoms with Crippen molar-refractivity contribution in [1.29, 1.82) is 0 Å². The summed E-state index contributed by atoms with van der Waals surface area (Å²) in [5.41, 5.74) is 0. The number of sulfonamides is 1. The van der Waals surface area contributed by atoms with Gasteiger partial charge in [-0.15, -0.1) is 0 Å². The maximum atomic E-state index is 11.9. The van der Waals surface area contributed by atoms with Gasteiger partial charge in [0.25, 0.3) is 0 Å². The number of hydrogen-bond acceptors (Lipinski definition) is 4. The zero-order valence-electron chi connectivity index (χ0n) is 10.3. The molecule has 2 N–H and O–H groups in total. The third kappa shape index (κ3) is 5.14. The summed E-state index contributed by atoms with van der Waals surface area (Å²) in [5.74, 6) is -0.980. The fourth-order valence-electron chi connectivity index (χ4n) is 1.37. The maximum Gasteiger partial charge on any atom is 0.303 e. The van der Waals surface area contributed by atoms with Gasteiger partial charge in [-0.05, 0) is 24.5 Å². The van der Waals surface area contributed by atoms with Crippen LogP contribution in [0, 0.1) is 5.92 Å². The highest BCUT2D eigenvalue weighted by Crippen LogP contribution is 2.17. The van der Waals surface area contributed by atoms with E-state index in [-0.39, 0.29) is 28.9 Å².